The van der Waals surface area contributed by atoms with Crippen LogP contribution in [0.2, 0.25) is 0 Å². The van der Waals surface area contributed by atoms with E-state index in [1.54, 1.807) is 30.3 Å². The summed E-state index contributed by atoms with van der Waals surface area (Å²) in [6.45, 7) is 3.81. The van der Waals surface area contributed by atoms with Gasteiger partial charge in [0.1, 0.15) is 6.54 Å². The number of methoxy groups -OCH3 is 2. The first-order chi connectivity index (χ1) is 15.4. The summed E-state index contributed by atoms with van der Waals surface area (Å²) in [5.41, 5.74) is 4.26. The summed E-state index contributed by atoms with van der Waals surface area (Å²) in [4.78, 5) is 25.3. The van der Waals surface area contributed by atoms with Gasteiger partial charge < -0.3 is 14.8 Å². The van der Waals surface area contributed by atoms with Crippen LogP contribution in [0.15, 0.2) is 53.3 Å². The van der Waals surface area contributed by atoms with Crippen LogP contribution >= 0.6 is 0 Å². The number of anilines is 1. The second-order valence-corrected chi connectivity index (χ2v) is 7.35. The highest BCUT2D eigenvalue weighted by Gasteiger charge is 2.14. The van der Waals surface area contributed by atoms with E-state index in [1.807, 2.05) is 32.0 Å². The zero-order chi connectivity index (χ0) is 22.8. The highest BCUT2D eigenvalue weighted by atomic mass is 16.5. The van der Waals surface area contributed by atoms with E-state index in [2.05, 4.69) is 15.5 Å². The monoisotopic (exact) mass is 433 g/mol. The van der Waals surface area contributed by atoms with E-state index >= 15 is 0 Å². The highest BCUT2D eigenvalue weighted by Crippen LogP contribution is 2.29. The molecule has 0 aliphatic rings. The molecule has 164 valence electrons. The molecule has 0 saturated carbocycles. The maximum absolute atomic E-state index is 12.8. The number of nitrogens with zero attached hydrogens (tertiary/aromatic N) is 4. The third-order valence-electron chi connectivity index (χ3n) is 5.20. The molecule has 0 fully saturated rings. The number of fused-ring (bicyclic) bond motifs is 1. The van der Waals surface area contributed by atoms with E-state index in [9.17, 15) is 9.59 Å². The van der Waals surface area contributed by atoms with Crippen LogP contribution < -0.4 is 20.5 Å². The van der Waals surface area contributed by atoms with Gasteiger partial charge in [0.2, 0.25) is 5.91 Å². The summed E-state index contributed by atoms with van der Waals surface area (Å²) in [5.74, 6) is 0.628. The number of hydrogen-bond donors (Lipinski definition) is 1. The fraction of sp³-hybridized carbons (Fsp3) is 0.217. The Labute approximate surface area is 184 Å². The maximum atomic E-state index is 12.8. The van der Waals surface area contributed by atoms with E-state index in [1.165, 1.54) is 24.3 Å². The molecule has 1 N–H and O–H groups in total. The maximum Gasteiger partial charge on any atom is 0.367 e. The van der Waals surface area contributed by atoms with Crippen molar-refractivity contribution in [1.29, 1.82) is 0 Å². The number of aryl methyl sites for hydroxylation is 2. The molecule has 0 radical (unpaired) electrons. The van der Waals surface area contributed by atoms with Crippen LogP contribution in [0.1, 0.15) is 11.1 Å². The largest absolute Gasteiger partial charge is 0.493 e. The van der Waals surface area contributed by atoms with Gasteiger partial charge in [0.25, 0.3) is 0 Å². The third-order valence-corrected chi connectivity index (χ3v) is 5.20. The van der Waals surface area contributed by atoms with Crippen molar-refractivity contribution in [3.8, 4) is 22.8 Å². The normalized spacial score (nSPS) is 10.9. The Balaban J connectivity index is 1.57. The quantitative estimate of drug-likeness (QED) is 0.502. The first-order valence-corrected chi connectivity index (χ1v) is 9.96. The van der Waals surface area contributed by atoms with Crippen molar-refractivity contribution in [2.75, 3.05) is 19.5 Å². The molecule has 0 spiro atoms. The number of carbonyl (C=O) groups excluding carboxylic acids is 1. The predicted octanol–water partition coefficient (Wildman–Crippen LogP) is 2.83. The second kappa shape index (κ2) is 8.54. The van der Waals surface area contributed by atoms with Gasteiger partial charge in [-0.3, -0.25) is 4.79 Å². The summed E-state index contributed by atoms with van der Waals surface area (Å²) in [5, 5.41) is 11.4. The lowest BCUT2D eigenvalue weighted by Crippen LogP contribution is -2.28. The standard InChI is InChI=1S/C23H23N5O4/c1-14-5-6-16(11-15(14)2)18-8-10-21-26-27(23(30)28(21)25-18)13-22(29)24-17-7-9-19(31-3)20(12-17)32-4/h5-12H,13H2,1-4H3,(H,24,29). The molecule has 9 nitrogen and oxygen atoms in total. The van der Waals surface area contributed by atoms with Crippen molar-refractivity contribution in [2.45, 2.75) is 20.4 Å². The fourth-order valence-electron chi connectivity index (χ4n) is 3.32. The average Bonchev–Trinajstić information content (AvgIpc) is 3.10. The minimum Gasteiger partial charge on any atom is -0.493 e. The van der Waals surface area contributed by atoms with E-state index < -0.39 is 11.6 Å². The van der Waals surface area contributed by atoms with Gasteiger partial charge in [-0.05, 0) is 55.3 Å². The Morgan fingerprint density at radius 2 is 1.72 bits per heavy atom. The molecular formula is C23H23N5O4. The summed E-state index contributed by atoms with van der Waals surface area (Å²) < 4.78 is 12.7. The molecule has 1 amide bonds. The van der Waals surface area contributed by atoms with Gasteiger partial charge in [0.05, 0.1) is 19.9 Å². The van der Waals surface area contributed by atoms with Gasteiger partial charge in [0.15, 0.2) is 17.1 Å². The number of amides is 1. The van der Waals surface area contributed by atoms with Crippen molar-refractivity contribution >= 4 is 17.2 Å². The fourth-order valence-corrected chi connectivity index (χ4v) is 3.32. The van der Waals surface area contributed by atoms with Crippen LogP contribution in [0.4, 0.5) is 5.69 Å². The molecule has 0 aliphatic carbocycles. The van der Waals surface area contributed by atoms with Crippen LogP contribution in [-0.4, -0.2) is 39.5 Å². The molecule has 2 aromatic carbocycles. The molecule has 4 rings (SSSR count). The van der Waals surface area contributed by atoms with Gasteiger partial charge in [-0.25, -0.2) is 9.48 Å². The van der Waals surface area contributed by atoms with Crippen LogP contribution in [-0.2, 0) is 11.3 Å². The first-order valence-electron chi connectivity index (χ1n) is 9.96. The van der Waals surface area contributed by atoms with Crippen LogP contribution in [0, 0.1) is 13.8 Å². The number of ether oxygens (including phenoxy) is 2. The van der Waals surface area contributed by atoms with E-state index in [-0.39, 0.29) is 6.54 Å². The average molecular weight is 433 g/mol. The van der Waals surface area contributed by atoms with E-state index in [4.69, 9.17) is 9.47 Å². The SMILES string of the molecule is COc1ccc(NC(=O)Cn2nc3ccc(-c4ccc(C)c(C)c4)nn3c2=O)cc1OC. The Bertz CT molecular complexity index is 1370. The number of hydrogen-bond acceptors (Lipinski definition) is 6. The highest BCUT2D eigenvalue weighted by molar-refractivity contribution is 5.90. The van der Waals surface area contributed by atoms with Crippen molar-refractivity contribution < 1.29 is 14.3 Å². The van der Waals surface area contributed by atoms with Crippen LogP contribution in [0.25, 0.3) is 16.9 Å². The van der Waals surface area contributed by atoms with Crippen molar-refractivity contribution in [3.63, 3.8) is 0 Å². The topological polar surface area (TPSA) is 99.7 Å². The van der Waals surface area contributed by atoms with Crippen molar-refractivity contribution in [3.05, 3.63) is 70.1 Å². The smallest absolute Gasteiger partial charge is 0.367 e. The third kappa shape index (κ3) is 4.04. The van der Waals surface area contributed by atoms with Crippen LogP contribution in [0.3, 0.4) is 0 Å². The molecule has 0 saturated heterocycles. The van der Waals surface area contributed by atoms with Gasteiger partial charge >= 0.3 is 5.69 Å². The number of rotatable bonds is 6. The molecule has 2 aromatic heterocycles. The van der Waals surface area contributed by atoms with Gasteiger partial charge in [0, 0.05) is 17.3 Å². The lowest BCUT2D eigenvalue weighted by Gasteiger charge is -2.10. The molecule has 9 heteroatoms. The number of aromatic nitrogens is 4. The zero-order valence-corrected chi connectivity index (χ0v) is 18.2. The van der Waals surface area contributed by atoms with Crippen LogP contribution in [0.5, 0.6) is 11.5 Å². The zero-order valence-electron chi connectivity index (χ0n) is 18.2. The second-order valence-electron chi connectivity index (χ2n) is 7.35. The Hall–Kier alpha value is -4.14. The number of nitrogens with one attached hydrogen (secondary N) is 1. The Kier molecular flexibility index (Phi) is 5.63. The lowest BCUT2D eigenvalue weighted by atomic mass is 10.0. The first kappa shape index (κ1) is 21.1. The molecule has 0 atom stereocenters. The summed E-state index contributed by atoms with van der Waals surface area (Å²) in [6.07, 6.45) is 0. The van der Waals surface area contributed by atoms with Crippen molar-refractivity contribution in [1.82, 2.24) is 19.4 Å². The van der Waals surface area contributed by atoms with Gasteiger partial charge in [-0.15, -0.1) is 5.10 Å². The molecule has 0 aliphatic heterocycles. The van der Waals surface area contributed by atoms with Gasteiger partial charge in [-0.1, -0.05) is 12.1 Å². The molecule has 0 unspecified atom stereocenters. The minimum absolute atomic E-state index is 0.254. The summed E-state index contributed by atoms with van der Waals surface area (Å²) in [6, 6.07) is 14.5. The molecule has 4 aromatic rings. The Morgan fingerprint density at radius 1 is 0.938 bits per heavy atom. The number of carbonyl (C=O) groups is 1. The lowest BCUT2D eigenvalue weighted by molar-refractivity contribution is -0.117. The molecule has 0 bridgehead atoms. The molecule has 32 heavy (non-hydrogen) atoms. The van der Waals surface area contributed by atoms with Gasteiger partial charge in [-0.2, -0.15) is 9.61 Å². The van der Waals surface area contributed by atoms with E-state index in [0.717, 1.165) is 15.8 Å². The number of benzene rings is 2. The van der Waals surface area contributed by atoms with E-state index in [0.29, 0.717) is 28.5 Å². The summed E-state index contributed by atoms with van der Waals surface area (Å²) in [7, 11) is 3.05. The summed E-state index contributed by atoms with van der Waals surface area (Å²) >= 11 is 0. The van der Waals surface area contributed by atoms with Crippen molar-refractivity contribution in [2.24, 2.45) is 0 Å². The molecular weight excluding hydrogens is 410 g/mol. The minimum atomic E-state index is -0.492. The Morgan fingerprint density at radius 3 is 2.44 bits per heavy atom. The molecule has 2 heterocycles. The predicted molar refractivity (Wildman–Crippen MR) is 120 cm³/mol.